The first-order chi connectivity index (χ1) is 10.2. The zero-order chi connectivity index (χ0) is 15.1. The van der Waals surface area contributed by atoms with E-state index < -0.39 is 0 Å². The van der Waals surface area contributed by atoms with Gasteiger partial charge in [-0.1, -0.05) is 37.6 Å². The Bertz CT molecular complexity index is 562. The maximum absolute atomic E-state index is 10.2. The highest BCUT2D eigenvalue weighted by atomic mass is 32.1. The maximum atomic E-state index is 10.2. The number of hydrogen-bond donors (Lipinski definition) is 1. The third-order valence-corrected chi connectivity index (χ3v) is 4.76. The summed E-state index contributed by atoms with van der Waals surface area (Å²) in [7, 11) is 0. The normalized spacial score (nSPS) is 12.1. The van der Waals surface area contributed by atoms with Gasteiger partial charge in [0.2, 0.25) is 6.41 Å². The van der Waals surface area contributed by atoms with Gasteiger partial charge >= 0.3 is 0 Å². The summed E-state index contributed by atoms with van der Waals surface area (Å²) in [5.74, 6) is 0.554. The van der Waals surface area contributed by atoms with Crippen molar-refractivity contribution in [3.05, 3.63) is 41.0 Å². The highest BCUT2D eigenvalue weighted by molar-refractivity contribution is 7.13. The second-order valence-electron chi connectivity index (χ2n) is 5.36. The van der Waals surface area contributed by atoms with Crippen molar-refractivity contribution in [1.29, 1.82) is 0 Å². The molecule has 0 saturated heterocycles. The largest absolute Gasteiger partial charge is 0.359 e. The standard InChI is InChI=1S/C17H22N2OS/c1-13(5-3-4-10-18-11-20)15-6-8-16(9-7-15)17-14(2)19-12-21-17/h6-9,11-13H,3-5,10H2,1-2H3,(H,18,20). The number of rotatable bonds is 8. The van der Waals surface area contributed by atoms with E-state index >= 15 is 0 Å². The Morgan fingerprint density at radius 2 is 2.05 bits per heavy atom. The summed E-state index contributed by atoms with van der Waals surface area (Å²) in [4.78, 5) is 15.7. The number of unbranched alkanes of at least 4 members (excludes halogenated alkanes) is 1. The third-order valence-electron chi connectivity index (χ3n) is 3.78. The van der Waals surface area contributed by atoms with Crippen LogP contribution >= 0.6 is 11.3 Å². The smallest absolute Gasteiger partial charge is 0.207 e. The number of nitrogens with one attached hydrogen (secondary N) is 1. The summed E-state index contributed by atoms with van der Waals surface area (Å²) in [6.45, 7) is 5.09. The van der Waals surface area contributed by atoms with Gasteiger partial charge in [0.1, 0.15) is 0 Å². The first-order valence-corrected chi connectivity index (χ1v) is 8.27. The van der Waals surface area contributed by atoms with E-state index in [9.17, 15) is 4.79 Å². The van der Waals surface area contributed by atoms with Crippen LogP contribution in [0, 0.1) is 6.92 Å². The van der Waals surface area contributed by atoms with Gasteiger partial charge in [-0.2, -0.15) is 0 Å². The lowest BCUT2D eigenvalue weighted by Crippen LogP contribution is -2.12. The second kappa shape index (κ2) is 7.93. The molecular weight excluding hydrogens is 280 g/mol. The molecule has 0 bridgehead atoms. The van der Waals surface area contributed by atoms with Crippen molar-refractivity contribution in [1.82, 2.24) is 10.3 Å². The van der Waals surface area contributed by atoms with Gasteiger partial charge in [0, 0.05) is 6.54 Å². The number of nitrogens with zero attached hydrogens (tertiary/aromatic N) is 1. The average molecular weight is 302 g/mol. The zero-order valence-corrected chi connectivity index (χ0v) is 13.5. The van der Waals surface area contributed by atoms with Crippen LogP contribution in [0.3, 0.4) is 0 Å². The molecule has 0 radical (unpaired) electrons. The Balaban J connectivity index is 1.89. The monoisotopic (exact) mass is 302 g/mol. The average Bonchev–Trinajstić information content (AvgIpc) is 2.93. The summed E-state index contributed by atoms with van der Waals surface area (Å²) >= 11 is 1.69. The Hall–Kier alpha value is -1.68. The molecule has 3 nitrogen and oxygen atoms in total. The van der Waals surface area contributed by atoms with Crippen molar-refractivity contribution in [2.45, 2.75) is 39.0 Å². The third kappa shape index (κ3) is 4.39. The second-order valence-corrected chi connectivity index (χ2v) is 6.21. The molecule has 1 N–H and O–H groups in total. The summed E-state index contributed by atoms with van der Waals surface area (Å²) in [6.07, 6.45) is 4.10. The first kappa shape index (κ1) is 15.7. The predicted molar refractivity (Wildman–Crippen MR) is 88.6 cm³/mol. The van der Waals surface area contributed by atoms with Crippen LogP contribution in [0.1, 0.15) is 43.4 Å². The lowest BCUT2D eigenvalue weighted by atomic mass is 9.94. The van der Waals surface area contributed by atoms with E-state index in [2.05, 4.69) is 48.4 Å². The Labute approximate surface area is 130 Å². The molecule has 0 aliphatic carbocycles. The number of amides is 1. The number of carbonyl (C=O) groups excluding carboxylic acids is 1. The minimum Gasteiger partial charge on any atom is -0.359 e. The molecule has 1 unspecified atom stereocenters. The van der Waals surface area contributed by atoms with E-state index in [0.717, 1.165) is 37.9 Å². The molecule has 1 amide bonds. The Kier molecular flexibility index (Phi) is 5.93. The van der Waals surface area contributed by atoms with Crippen LogP contribution in [0.25, 0.3) is 10.4 Å². The Morgan fingerprint density at radius 1 is 1.29 bits per heavy atom. The number of hydrogen-bond acceptors (Lipinski definition) is 3. The highest BCUT2D eigenvalue weighted by Gasteiger charge is 2.08. The van der Waals surface area contributed by atoms with Crippen molar-refractivity contribution < 1.29 is 4.79 Å². The van der Waals surface area contributed by atoms with Crippen LogP contribution in [0.4, 0.5) is 0 Å². The summed E-state index contributed by atoms with van der Waals surface area (Å²) < 4.78 is 0. The van der Waals surface area contributed by atoms with Crippen molar-refractivity contribution in [3.63, 3.8) is 0 Å². The quantitative estimate of drug-likeness (QED) is 0.588. The number of benzene rings is 1. The van der Waals surface area contributed by atoms with Crippen LogP contribution < -0.4 is 5.32 Å². The number of thiazole rings is 1. The molecule has 1 heterocycles. The van der Waals surface area contributed by atoms with Crippen LogP contribution in [0.15, 0.2) is 29.8 Å². The van der Waals surface area contributed by atoms with Gasteiger partial charge in [-0.15, -0.1) is 11.3 Å². The van der Waals surface area contributed by atoms with E-state index in [4.69, 9.17) is 0 Å². The maximum Gasteiger partial charge on any atom is 0.207 e. The zero-order valence-electron chi connectivity index (χ0n) is 12.6. The molecule has 1 aromatic heterocycles. The SMILES string of the molecule is Cc1ncsc1-c1ccc(C(C)CCCCNC=O)cc1. The van der Waals surface area contributed by atoms with Gasteiger partial charge in [-0.05, 0) is 36.8 Å². The molecule has 0 fully saturated rings. The molecule has 112 valence electrons. The summed E-state index contributed by atoms with van der Waals surface area (Å²) in [5, 5.41) is 2.70. The minimum atomic E-state index is 0.554. The van der Waals surface area contributed by atoms with Gasteiger partial charge < -0.3 is 5.32 Å². The molecule has 0 aliphatic rings. The molecule has 1 aromatic carbocycles. The first-order valence-electron chi connectivity index (χ1n) is 7.40. The lowest BCUT2D eigenvalue weighted by molar-refractivity contribution is -0.109. The van der Waals surface area contributed by atoms with Crippen LogP contribution in [-0.4, -0.2) is 17.9 Å². The number of aryl methyl sites for hydroxylation is 1. The van der Waals surface area contributed by atoms with Crippen LogP contribution in [-0.2, 0) is 4.79 Å². The van der Waals surface area contributed by atoms with Crippen LogP contribution in [0.5, 0.6) is 0 Å². The number of carbonyl (C=O) groups is 1. The fraction of sp³-hybridized carbons (Fsp3) is 0.412. The van der Waals surface area contributed by atoms with Gasteiger partial charge in [-0.3, -0.25) is 4.79 Å². The van der Waals surface area contributed by atoms with E-state index in [-0.39, 0.29) is 0 Å². The predicted octanol–water partition coefficient (Wildman–Crippen LogP) is 4.14. The van der Waals surface area contributed by atoms with Gasteiger partial charge in [0.25, 0.3) is 0 Å². The van der Waals surface area contributed by atoms with Gasteiger partial charge in [-0.25, -0.2) is 4.98 Å². The molecule has 0 spiro atoms. The van der Waals surface area contributed by atoms with Crippen molar-refractivity contribution in [3.8, 4) is 10.4 Å². The fourth-order valence-electron chi connectivity index (χ4n) is 2.45. The van der Waals surface area contributed by atoms with E-state index in [1.807, 2.05) is 5.51 Å². The van der Waals surface area contributed by atoms with Gasteiger partial charge in [0.05, 0.1) is 16.1 Å². The molecule has 2 rings (SSSR count). The van der Waals surface area contributed by atoms with E-state index in [1.165, 1.54) is 16.0 Å². The lowest BCUT2D eigenvalue weighted by Gasteiger charge is -2.12. The van der Waals surface area contributed by atoms with Crippen molar-refractivity contribution >= 4 is 17.7 Å². The van der Waals surface area contributed by atoms with Crippen molar-refractivity contribution in [2.75, 3.05) is 6.54 Å². The molecule has 0 aliphatic heterocycles. The van der Waals surface area contributed by atoms with Crippen molar-refractivity contribution in [2.24, 2.45) is 0 Å². The molecule has 21 heavy (non-hydrogen) atoms. The molecule has 1 atom stereocenters. The summed E-state index contributed by atoms with van der Waals surface area (Å²) in [6, 6.07) is 8.84. The van der Waals surface area contributed by atoms with E-state index in [0.29, 0.717) is 5.92 Å². The van der Waals surface area contributed by atoms with Gasteiger partial charge in [0.15, 0.2) is 0 Å². The Morgan fingerprint density at radius 3 is 2.67 bits per heavy atom. The molecule has 2 aromatic rings. The minimum absolute atomic E-state index is 0.554. The summed E-state index contributed by atoms with van der Waals surface area (Å²) in [5.41, 5.74) is 5.63. The molecular formula is C17H22N2OS. The highest BCUT2D eigenvalue weighted by Crippen LogP contribution is 2.29. The van der Waals surface area contributed by atoms with Crippen LogP contribution in [0.2, 0.25) is 0 Å². The molecule has 4 heteroatoms. The topological polar surface area (TPSA) is 42.0 Å². The van der Waals surface area contributed by atoms with E-state index in [1.54, 1.807) is 11.3 Å². The fourth-order valence-corrected chi connectivity index (χ4v) is 3.26. The molecule has 0 saturated carbocycles. The number of aromatic nitrogens is 1.